The van der Waals surface area contributed by atoms with E-state index < -0.39 is 0 Å². The van der Waals surface area contributed by atoms with Crippen LogP contribution < -0.4 is 5.32 Å². The zero-order chi connectivity index (χ0) is 16.6. The zero-order valence-electron chi connectivity index (χ0n) is 14.9. The average molecular weight is 318 g/mol. The van der Waals surface area contributed by atoms with Gasteiger partial charge in [0, 0.05) is 44.5 Å². The van der Waals surface area contributed by atoms with E-state index >= 15 is 0 Å². The minimum atomic E-state index is 0.143. The van der Waals surface area contributed by atoms with Crippen molar-refractivity contribution in [3.8, 4) is 0 Å². The lowest BCUT2D eigenvalue weighted by Crippen LogP contribution is -2.42. The summed E-state index contributed by atoms with van der Waals surface area (Å²) in [6.45, 7) is 9.01. The highest BCUT2D eigenvalue weighted by molar-refractivity contribution is 5.80. The van der Waals surface area contributed by atoms with Gasteiger partial charge in [-0.05, 0) is 39.0 Å². The molecule has 1 saturated carbocycles. The largest absolute Gasteiger partial charge is 0.354 e. The van der Waals surface area contributed by atoms with E-state index in [1.807, 2.05) is 25.6 Å². The van der Waals surface area contributed by atoms with Crippen molar-refractivity contribution in [1.82, 2.24) is 20.0 Å². The van der Waals surface area contributed by atoms with Gasteiger partial charge < -0.3 is 5.32 Å². The third-order valence-corrected chi connectivity index (χ3v) is 5.57. The van der Waals surface area contributed by atoms with Crippen LogP contribution in [-0.2, 0) is 18.4 Å². The molecule has 2 heterocycles. The Balaban J connectivity index is 1.75. The zero-order valence-corrected chi connectivity index (χ0v) is 14.9. The number of amides is 1. The van der Waals surface area contributed by atoms with E-state index in [1.165, 1.54) is 31.2 Å². The standard InChI is InChI=1S/C18H30N4O/c1-13(2)19-17(23)16-11-22(12-18(16)7-5-6-8-18)10-15-9-21(4)20-14(15)3/h9,13,16H,5-8,10-12H2,1-4H3,(H,19,23). The van der Waals surface area contributed by atoms with Crippen LogP contribution in [0.4, 0.5) is 0 Å². The van der Waals surface area contributed by atoms with Crippen LogP contribution in [0.1, 0.15) is 50.8 Å². The summed E-state index contributed by atoms with van der Waals surface area (Å²) in [6, 6.07) is 0.218. The first-order valence-corrected chi connectivity index (χ1v) is 8.91. The minimum Gasteiger partial charge on any atom is -0.354 e. The van der Waals surface area contributed by atoms with Crippen LogP contribution in [0.2, 0.25) is 0 Å². The fourth-order valence-corrected chi connectivity index (χ4v) is 4.57. The Hall–Kier alpha value is -1.36. The van der Waals surface area contributed by atoms with Gasteiger partial charge in [0.25, 0.3) is 0 Å². The Morgan fingerprint density at radius 2 is 2.13 bits per heavy atom. The number of aryl methyl sites for hydroxylation is 2. The fourth-order valence-electron chi connectivity index (χ4n) is 4.57. The molecule has 1 amide bonds. The molecule has 0 bridgehead atoms. The van der Waals surface area contributed by atoms with Crippen molar-refractivity contribution in [3.05, 3.63) is 17.5 Å². The molecular formula is C18H30N4O. The third-order valence-electron chi connectivity index (χ3n) is 5.57. The lowest BCUT2D eigenvalue weighted by atomic mass is 9.76. The normalized spacial score (nSPS) is 24.0. The maximum atomic E-state index is 12.7. The van der Waals surface area contributed by atoms with E-state index in [9.17, 15) is 4.79 Å². The monoisotopic (exact) mass is 318 g/mol. The Labute approximate surface area is 139 Å². The van der Waals surface area contributed by atoms with Gasteiger partial charge in [0.05, 0.1) is 11.6 Å². The lowest BCUT2D eigenvalue weighted by Gasteiger charge is -2.29. The number of rotatable bonds is 4. The van der Waals surface area contributed by atoms with Crippen LogP contribution in [0, 0.1) is 18.3 Å². The first kappa shape index (κ1) is 16.5. The molecule has 1 N–H and O–H groups in total. The average Bonchev–Trinajstić information content (AvgIpc) is 3.12. The molecule has 1 aromatic heterocycles. The van der Waals surface area contributed by atoms with E-state index in [0.717, 1.165) is 25.3 Å². The summed E-state index contributed by atoms with van der Waals surface area (Å²) in [6.07, 6.45) is 7.05. The minimum absolute atomic E-state index is 0.143. The van der Waals surface area contributed by atoms with Gasteiger partial charge in [-0.25, -0.2) is 0 Å². The van der Waals surface area contributed by atoms with Gasteiger partial charge in [0.2, 0.25) is 5.91 Å². The number of carbonyl (C=O) groups is 1. The van der Waals surface area contributed by atoms with Crippen LogP contribution in [0.15, 0.2) is 6.20 Å². The molecule has 5 nitrogen and oxygen atoms in total. The number of nitrogens with zero attached hydrogens (tertiary/aromatic N) is 3. The Morgan fingerprint density at radius 1 is 1.43 bits per heavy atom. The second-order valence-corrected chi connectivity index (χ2v) is 7.87. The lowest BCUT2D eigenvalue weighted by molar-refractivity contribution is -0.128. The maximum absolute atomic E-state index is 12.7. The van der Waals surface area contributed by atoms with Crippen molar-refractivity contribution >= 4 is 5.91 Å². The molecule has 1 unspecified atom stereocenters. The summed E-state index contributed by atoms with van der Waals surface area (Å²) >= 11 is 0. The smallest absolute Gasteiger partial charge is 0.225 e. The van der Waals surface area contributed by atoms with E-state index in [2.05, 4.69) is 28.4 Å². The van der Waals surface area contributed by atoms with Crippen LogP contribution in [0.5, 0.6) is 0 Å². The van der Waals surface area contributed by atoms with Crippen molar-refractivity contribution in [2.75, 3.05) is 13.1 Å². The van der Waals surface area contributed by atoms with Crippen molar-refractivity contribution in [1.29, 1.82) is 0 Å². The molecule has 2 fully saturated rings. The molecule has 23 heavy (non-hydrogen) atoms. The molecule has 2 aliphatic rings. The van der Waals surface area contributed by atoms with Crippen molar-refractivity contribution in [2.24, 2.45) is 18.4 Å². The van der Waals surface area contributed by atoms with Gasteiger partial charge in [0.1, 0.15) is 0 Å². The quantitative estimate of drug-likeness (QED) is 0.926. The summed E-state index contributed by atoms with van der Waals surface area (Å²) in [5.41, 5.74) is 2.59. The number of likely N-dealkylation sites (tertiary alicyclic amines) is 1. The Kier molecular flexibility index (Phi) is 4.50. The molecule has 0 radical (unpaired) electrons. The molecule has 0 aromatic carbocycles. The van der Waals surface area contributed by atoms with E-state index in [1.54, 1.807) is 0 Å². The predicted molar refractivity (Wildman–Crippen MR) is 90.9 cm³/mol. The fraction of sp³-hybridized carbons (Fsp3) is 0.778. The van der Waals surface area contributed by atoms with Gasteiger partial charge >= 0.3 is 0 Å². The number of carbonyl (C=O) groups excluding carboxylic acids is 1. The molecule has 1 spiro atoms. The molecule has 1 aliphatic heterocycles. The van der Waals surface area contributed by atoms with Crippen LogP contribution >= 0.6 is 0 Å². The van der Waals surface area contributed by atoms with Crippen molar-refractivity contribution in [3.63, 3.8) is 0 Å². The second-order valence-electron chi connectivity index (χ2n) is 7.87. The molecule has 5 heteroatoms. The molecular weight excluding hydrogens is 288 g/mol. The van der Waals surface area contributed by atoms with Crippen molar-refractivity contribution < 1.29 is 4.79 Å². The molecule has 3 rings (SSSR count). The van der Waals surface area contributed by atoms with Gasteiger partial charge in [0.15, 0.2) is 0 Å². The topological polar surface area (TPSA) is 50.2 Å². The van der Waals surface area contributed by atoms with E-state index in [-0.39, 0.29) is 23.3 Å². The molecule has 128 valence electrons. The number of nitrogens with one attached hydrogen (secondary N) is 1. The Bertz CT molecular complexity index is 572. The first-order chi connectivity index (χ1) is 10.9. The van der Waals surface area contributed by atoms with Gasteiger partial charge in [-0.3, -0.25) is 14.4 Å². The summed E-state index contributed by atoms with van der Waals surface area (Å²) < 4.78 is 1.88. The van der Waals surface area contributed by atoms with Crippen molar-refractivity contribution in [2.45, 2.75) is 59.0 Å². The molecule has 1 aromatic rings. The molecule has 1 aliphatic carbocycles. The Morgan fingerprint density at radius 3 is 2.70 bits per heavy atom. The number of hydrogen-bond donors (Lipinski definition) is 1. The summed E-state index contributed by atoms with van der Waals surface area (Å²) in [7, 11) is 1.97. The predicted octanol–water partition coefficient (Wildman–Crippen LogP) is 2.25. The van der Waals surface area contributed by atoms with Crippen LogP contribution in [0.3, 0.4) is 0 Å². The van der Waals surface area contributed by atoms with Gasteiger partial charge in [-0.15, -0.1) is 0 Å². The first-order valence-electron chi connectivity index (χ1n) is 8.91. The van der Waals surface area contributed by atoms with E-state index in [0.29, 0.717) is 0 Å². The highest BCUT2D eigenvalue weighted by Crippen LogP contribution is 2.49. The summed E-state index contributed by atoms with van der Waals surface area (Å²) in [5.74, 6) is 0.400. The molecule has 1 saturated heterocycles. The number of aromatic nitrogens is 2. The summed E-state index contributed by atoms with van der Waals surface area (Å²) in [4.78, 5) is 15.2. The van der Waals surface area contributed by atoms with Crippen LogP contribution in [0.25, 0.3) is 0 Å². The van der Waals surface area contributed by atoms with Gasteiger partial charge in [-0.1, -0.05) is 12.8 Å². The SMILES string of the molecule is Cc1nn(C)cc1CN1CC(C(=O)NC(C)C)C2(CCCC2)C1. The number of hydrogen-bond acceptors (Lipinski definition) is 3. The van der Waals surface area contributed by atoms with Gasteiger partial charge in [-0.2, -0.15) is 5.10 Å². The maximum Gasteiger partial charge on any atom is 0.225 e. The van der Waals surface area contributed by atoms with Crippen LogP contribution in [-0.4, -0.2) is 39.7 Å². The highest BCUT2D eigenvalue weighted by atomic mass is 16.2. The second kappa shape index (κ2) is 6.27. The summed E-state index contributed by atoms with van der Waals surface area (Å²) in [5, 5.41) is 7.60. The highest BCUT2D eigenvalue weighted by Gasteiger charge is 2.51. The third kappa shape index (κ3) is 3.30. The van der Waals surface area contributed by atoms with E-state index in [4.69, 9.17) is 0 Å². The molecule has 1 atom stereocenters.